The Hall–Kier alpha value is 0.0500. The lowest BCUT2D eigenvalue weighted by Gasteiger charge is -2.15. The molecule has 0 aliphatic rings. The highest BCUT2D eigenvalue weighted by Gasteiger charge is 2.21. The molecule has 1 aromatic rings. The van der Waals surface area contributed by atoms with Gasteiger partial charge < -0.3 is 5.11 Å². The van der Waals surface area contributed by atoms with Gasteiger partial charge in [0.1, 0.15) is 4.21 Å². The number of thiophene rings is 1. The van der Waals surface area contributed by atoms with Crippen molar-refractivity contribution < 1.29 is 13.5 Å². The van der Waals surface area contributed by atoms with Gasteiger partial charge in [-0.2, -0.15) is 0 Å². The molecule has 1 rings (SSSR count). The molecule has 0 atom stereocenters. The minimum absolute atomic E-state index is 0.161. The molecule has 0 radical (unpaired) electrons. The molecule has 1 N–H and O–H groups in total. The van der Waals surface area contributed by atoms with Crippen molar-refractivity contribution in [1.29, 1.82) is 0 Å². The summed E-state index contributed by atoms with van der Waals surface area (Å²) >= 11 is 4.47. The molecule has 17 heavy (non-hydrogen) atoms. The Morgan fingerprint density at radius 2 is 2.06 bits per heavy atom. The van der Waals surface area contributed by atoms with Crippen molar-refractivity contribution in [2.24, 2.45) is 0 Å². The van der Waals surface area contributed by atoms with E-state index in [1.54, 1.807) is 19.2 Å². The highest BCUT2D eigenvalue weighted by Crippen LogP contribution is 2.27. The molecule has 1 aromatic heterocycles. The standard InChI is InChI=1S/C10H16BrNO3S2/c1-12(7-3-2-4-8-13)17(14,15)10-6-5-9(11)16-10/h5-6,13H,2-4,7-8H2,1H3. The van der Waals surface area contributed by atoms with Crippen LogP contribution in [0, 0.1) is 0 Å². The van der Waals surface area contributed by atoms with Crippen LogP contribution in [-0.4, -0.2) is 38.0 Å². The fourth-order valence-corrected chi connectivity index (χ4v) is 4.76. The van der Waals surface area contributed by atoms with Crippen LogP contribution in [0.4, 0.5) is 0 Å². The maximum atomic E-state index is 12.1. The second-order valence-corrected chi connectivity index (χ2v) is 8.40. The van der Waals surface area contributed by atoms with Crippen LogP contribution in [0.5, 0.6) is 0 Å². The minimum atomic E-state index is -3.35. The van der Waals surface area contributed by atoms with E-state index >= 15 is 0 Å². The van der Waals surface area contributed by atoms with Gasteiger partial charge in [0.2, 0.25) is 0 Å². The summed E-state index contributed by atoms with van der Waals surface area (Å²) in [5, 5.41) is 8.64. The van der Waals surface area contributed by atoms with E-state index < -0.39 is 10.0 Å². The zero-order chi connectivity index (χ0) is 12.9. The van der Waals surface area contributed by atoms with Crippen molar-refractivity contribution >= 4 is 37.3 Å². The van der Waals surface area contributed by atoms with E-state index in [-0.39, 0.29) is 6.61 Å². The molecule has 0 aromatic carbocycles. The van der Waals surface area contributed by atoms with E-state index in [9.17, 15) is 8.42 Å². The topological polar surface area (TPSA) is 57.6 Å². The molecule has 98 valence electrons. The average molecular weight is 342 g/mol. The van der Waals surface area contributed by atoms with E-state index in [4.69, 9.17) is 5.11 Å². The maximum Gasteiger partial charge on any atom is 0.252 e. The molecule has 0 bridgehead atoms. The van der Waals surface area contributed by atoms with Crippen molar-refractivity contribution in [3.63, 3.8) is 0 Å². The zero-order valence-corrected chi connectivity index (χ0v) is 12.8. The first-order chi connectivity index (χ1) is 7.98. The van der Waals surface area contributed by atoms with Crippen LogP contribution in [0.2, 0.25) is 0 Å². The van der Waals surface area contributed by atoms with E-state index in [2.05, 4.69) is 15.9 Å². The Morgan fingerprint density at radius 3 is 2.59 bits per heavy atom. The van der Waals surface area contributed by atoms with Gasteiger partial charge in [0.05, 0.1) is 3.79 Å². The Kier molecular flexibility index (Phi) is 6.08. The van der Waals surface area contributed by atoms with Crippen LogP contribution in [0.15, 0.2) is 20.1 Å². The van der Waals surface area contributed by atoms with Crippen LogP contribution in [0.3, 0.4) is 0 Å². The molecule has 1 heterocycles. The number of aliphatic hydroxyl groups excluding tert-OH is 1. The number of unbranched alkanes of at least 4 members (excludes halogenated alkanes) is 2. The molecule has 0 unspecified atom stereocenters. The molecular weight excluding hydrogens is 326 g/mol. The molecular formula is C10H16BrNO3S2. The fourth-order valence-electron chi connectivity index (χ4n) is 1.33. The molecule has 0 aliphatic carbocycles. The number of rotatable bonds is 7. The molecule has 0 fully saturated rings. The summed E-state index contributed by atoms with van der Waals surface area (Å²) in [4.78, 5) is 0. The van der Waals surface area contributed by atoms with Gasteiger partial charge in [-0.1, -0.05) is 0 Å². The number of halogens is 1. The molecule has 4 nitrogen and oxygen atoms in total. The number of nitrogens with zero attached hydrogens (tertiary/aromatic N) is 1. The van der Waals surface area contributed by atoms with Crippen LogP contribution in [0.1, 0.15) is 19.3 Å². The number of sulfonamides is 1. The smallest absolute Gasteiger partial charge is 0.252 e. The van der Waals surface area contributed by atoms with Gasteiger partial charge in [0, 0.05) is 20.2 Å². The first-order valence-electron chi connectivity index (χ1n) is 5.31. The monoisotopic (exact) mass is 341 g/mol. The molecule has 0 spiro atoms. The number of aliphatic hydroxyl groups is 1. The largest absolute Gasteiger partial charge is 0.396 e. The van der Waals surface area contributed by atoms with Crippen molar-refractivity contribution in [2.75, 3.05) is 20.2 Å². The van der Waals surface area contributed by atoms with E-state index in [1.165, 1.54) is 15.6 Å². The second-order valence-electron chi connectivity index (χ2n) is 3.67. The highest BCUT2D eigenvalue weighted by molar-refractivity contribution is 9.11. The lowest BCUT2D eigenvalue weighted by Crippen LogP contribution is -2.27. The van der Waals surface area contributed by atoms with Gasteiger partial charge in [-0.25, -0.2) is 12.7 Å². The predicted molar refractivity (Wildman–Crippen MR) is 72.8 cm³/mol. The Balaban J connectivity index is 2.58. The number of hydrogen-bond acceptors (Lipinski definition) is 4. The number of hydrogen-bond donors (Lipinski definition) is 1. The van der Waals surface area contributed by atoms with Crippen LogP contribution >= 0.6 is 27.3 Å². The van der Waals surface area contributed by atoms with Gasteiger partial charge >= 0.3 is 0 Å². The average Bonchev–Trinajstić information content (AvgIpc) is 2.71. The van der Waals surface area contributed by atoms with Crippen LogP contribution in [-0.2, 0) is 10.0 Å². The van der Waals surface area contributed by atoms with Crippen molar-refractivity contribution in [3.05, 3.63) is 15.9 Å². The van der Waals surface area contributed by atoms with Gasteiger partial charge in [0.25, 0.3) is 10.0 Å². The second kappa shape index (κ2) is 6.84. The summed E-state index contributed by atoms with van der Waals surface area (Å²) in [6.07, 6.45) is 2.33. The normalized spacial score (nSPS) is 12.2. The lowest BCUT2D eigenvalue weighted by atomic mass is 10.2. The summed E-state index contributed by atoms with van der Waals surface area (Å²) < 4.78 is 26.7. The van der Waals surface area contributed by atoms with Crippen molar-refractivity contribution in [2.45, 2.75) is 23.5 Å². The predicted octanol–water partition coefficient (Wildman–Crippen LogP) is 2.29. The summed E-state index contributed by atoms with van der Waals surface area (Å²) in [5.74, 6) is 0. The van der Waals surface area contributed by atoms with Crippen molar-refractivity contribution in [1.82, 2.24) is 4.31 Å². The lowest BCUT2D eigenvalue weighted by molar-refractivity contribution is 0.281. The summed E-state index contributed by atoms with van der Waals surface area (Å²) in [6, 6.07) is 3.34. The van der Waals surface area contributed by atoms with Crippen LogP contribution < -0.4 is 0 Å². The molecule has 0 amide bonds. The van der Waals surface area contributed by atoms with Crippen molar-refractivity contribution in [3.8, 4) is 0 Å². The van der Waals surface area contributed by atoms with E-state index in [0.717, 1.165) is 23.0 Å². The highest BCUT2D eigenvalue weighted by atomic mass is 79.9. The van der Waals surface area contributed by atoms with Gasteiger partial charge in [0.15, 0.2) is 0 Å². The molecule has 0 aliphatic heterocycles. The summed E-state index contributed by atoms with van der Waals surface area (Å²) in [7, 11) is -1.76. The van der Waals surface area contributed by atoms with Gasteiger partial charge in [-0.05, 0) is 47.3 Å². The maximum absolute atomic E-state index is 12.1. The van der Waals surface area contributed by atoms with E-state index in [1.807, 2.05) is 0 Å². The minimum Gasteiger partial charge on any atom is -0.396 e. The van der Waals surface area contributed by atoms with Gasteiger partial charge in [-0.3, -0.25) is 0 Å². The van der Waals surface area contributed by atoms with E-state index in [0.29, 0.717) is 10.8 Å². The van der Waals surface area contributed by atoms with Crippen LogP contribution in [0.25, 0.3) is 0 Å². The Morgan fingerprint density at radius 1 is 1.35 bits per heavy atom. The molecule has 7 heteroatoms. The Bertz CT molecular complexity index is 444. The summed E-state index contributed by atoms with van der Waals surface area (Å²) in [6.45, 7) is 0.645. The quantitative estimate of drug-likeness (QED) is 0.774. The summed E-state index contributed by atoms with van der Waals surface area (Å²) in [5.41, 5.74) is 0. The third-order valence-corrected chi connectivity index (χ3v) is 6.29. The zero-order valence-electron chi connectivity index (χ0n) is 9.60. The third-order valence-electron chi connectivity index (χ3n) is 2.34. The first-order valence-corrected chi connectivity index (χ1v) is 8.36. The first kappa shape index (κ1) is 15.1. The molecule has 0 saturated carbocycles. The fraction of sp³-hybridized carbons (Fsp3) is 0.600. The molecule has 0 saturated heterocycles. The SMILES string of the molecule is CN(CCCCCO)S(=O)(=O)c1ccc(Br)s1. The third kappa shape index (κ3) is 4.33. The Labute approximate surface area is 114 Å². The van der Waals surface area contributed by atoms with Gasteiger partial charge in [-0.15, -0.1) is 11.3 Å².